The van der Waals surface area contributed by atoms with Gasteiger partial charge in [-0.05, 0) is 48.0 Å². The lowest BCUT2D eigenvalue weighted by atomic mass is 10.2. The summed E-state index contributed by atoms with van der Waals surface area (Å²) in [6.07, 6.45) is 0.0381. The molecule has 1 N–H and O–H groups in total. The van der Waals surface area contributed by atoms with Gasteiger partial charge in [-0.25, -0.2) is 4.99 Å². The minimum absolute atomic E-state index is 0.0381. The smallest absolute Gasteiger partial charge is 0.238 e. The molecule has 1 fully saturated rings. The molecular weight excluding hydrogens is 486 g/mol. The second-order valence-corrected chi connectivity index (χ2v) is 9.31. The topological polar surface area (TPSA) is 80.2 Å². The number of carbonyl (C=O) groups is 2. The summed E-state index contributed by atoms with van der Waals surface area (Å²) in [6.45, 7) is 0.316. The Balaban J connectivity index is 1.60. The molecular formula is C26H24ClN3O4S. The Kier molecular flexibility index (Phi) is 7.94. The molecule has 1 unspecified atom stereocenters. The van der Waals surface area contributed by atoms with Crippen molar-refractivity contribution in [3.63, 3.8) is 0 Å². The number of para-hydroxylation sites is 2. The van der Waals surface area contributed by atoms with Crippen molar-refractivity contribution in [2.45, 2.75) is 18.2 Å². The van der Waals surface area contributed by atoms with Crippen LogP contribution in [0, 0.1) is 0 Å². The Morgan fingerprint density at radius 3 is 2.57 bits per heavy atom. The van der Waals surface area contributed by atoms with E-state index < -0.39 is 5.25 Å². The van der Waals surface area contributed by atoms with Gasteiger partial charge in [-0.1, -0.05) is 53.7 Å². The lowest BCUT2D eigenvalue weighted by Gasteiger charge is -2.32. The summed E-state index contributed by atoms with van der Waals surface area (Å²) in [7, 11) is 3.14. The zero-order valence-electron chi connectivity index (χ0n) is 19.2. The van der Waals surface area contributed by atoms with Crippen molar-refractivity contribution in [3.05, 3.63) is 83.4 Å². The largest absolute Gasteiger partial charge is 0.497 e. The SMILES string of the molecule is COc1ccc(CN2C(=O)CC(C(=O)Nc3ccccc3OC)SC2=Nc2cccc(Cl)c2)cc1. The zero-order chi connectivity index (χ0) is 24.8. The normalized spacial score (nSPS) is 16.8. The molecule has 7 nitrogen and oxygen atoms in total. The number of anilines is 1. The maximum absolute atomic E-state index is 13.3. The number of methoxy groups -OCH3 is 2. The van der Waals surface area contributed by atoms with Crippen LogP contribution < -0.4 is 14.8 Å². The van der Waals surface area contributed by atoms with Crippen LogP contribution in [0.4, 0.5) is 11.4 Å². The van der Waals surface area contributed by atoms with Crippen molar-refractivity contribution >= 4 is 51.7 Å². The molecule has 2 amide bonds. The molecule has 0 saturated carbocycles. The molecule has 0 aliphatic carbocycles. The van der Waals surface area contributed by atoms with Gasteiger partial charge in [0.1, 0.15) is 16.7 Å². The van der Waals surface area contributed by atoms with Crippen molar-refractivity contribution in [1.29, 1.82) is 0 Å². The fourth-order valence-corrected chi connectivity index (χ4v) is 4.81. The maximum atomic E-state index is 13.3. The van der Waals surface area contributed by atoms with Gasteiger partial charge in [0.05, 0.1) is 32.1 Å². The van der Waals surface area contributed by atoms with Gasteiger partial charge in [0.15, 0.2) is 5.17 Å². The molecule has 0 radical (unpaired) electrons. The molecule has 1 saturated heterocycles. The number of rotatable bonds is 7. The van der Waals surface area contributed by atoms with Crippen LogP contribution in [0.3, 0.4) is 0 Å². The van der Waals surface area contributed by atoms with Crippen LogP contribution in [-0.2, 0) is 16.1 Å². The Bertz CT molecular complexity index is 1250. The van der Waals surface area contributed by atoms with E-state index in [1.54, 1.807) is 54.5 Å². The van der Waals surface area contributed by atoms with Crippen LogP contribution in [0.1, 0.15) is 12.0 Å². The molecule has 3 aromatic carbocycles. The predicted molar refractivity (Wildman–Crippen MR) is 140 cm³/mol. The van der Waals surface area contributed by atoms with Crippen LogP contribution in [0.2, 0.25) is 5.02 Å². The van der Waals surface area contributed by atoms with Crippen LogP contribution in [0.5, 0.6) is 11.5 Å². The molecule has 35 heavy (non-hydrogen) atoms. The highest BCUT2D eigenvalue weighted by molar-refractivity contribution is 8.15. The zero-order valence-corrected chi connectivity index (χ0v) is 20.8. The van der Waals surface area contributed by atoms with Gasteiger partial charge in [0, 0.05) is 11.4 Å². The summed E-state index contributed by atoms with van der Waals surface area (Å²) in [5.41, 5.74) is 2.05. The summed E-state index contributed by atoms with van der Waals surface area (Å²) < 4.78 is 10.5. The van der Waals surface area contributed by atoms with Crippen LogP contribution in [0.15, 0.2) is 77.8 Å². The molecule has 3 aromatic rings. The first-order chi connectivity index (χ1) is 17.0. The Labute approximate surface area is 213 Å². The van der Waals surface area contributed by atoms with E-state index in [-0.39, 0.29) is 18.2 Å². The quantitative estimate of drug-likeness (QED) is 0.453. The summed E-state index contributed by atoms with van der Waals surface area (Å²) in [5, 5.41) is 3.19. The Hall–Kier alpha value is -3.49. The maximum Gasteiger partial charge on any atom is 0.238 e. The fourth-order valence-electron chi connectivity index (χ4n) is 3.53. The molecule has 0 bridgehead atoms. The lowest BCUT2D eigenvalue weighted by molar-refractivity contribution is -0.129. The number of ether oxygens (including phenoxy) is 2. The number of thioether (sulfide) groups is 1. The average Bonchev–Trinajstić information content (AvgIpc) is 2.86. The van der Waals surface area contributed by atoms with Gasteiger partial charge in [0.25, 0.3) is 0 Å². The molecule has 1 atom stereocenters. The monoisotopic (exact) mass is 509 g/mol. The first-order valence-corrected chi connectivity index (χ1v) is 12.1. The highest BCUT2D eigenvalue weighted by atomic mass is 35.5. The van der Waals surface area contributed by atoms with E-state index in [9.17, 15) is 9.59 Å². The van der Waals surface area contributed by atoms with E-state index in [0.29, 0.717) is 33.9 Å². The molecule has 4 rings (SSSR count). The third-order valence-corrected chi connectivity index (χ3v) is 6.75. The number of hydrogen-bond donors (Lipinski definition) is 1. The minimum atomic E-state index is -0.655. The average molecular weight is 510 g/mol. The van der Waals surface area contributed by atoms with Crippen molar-refractivity contribution in [2.75, 3.05) is 19.5 Å². The molecule has 180 valence electrons. The van der Waals surface area contributed by atoms with Gasteiger partial charge < -0.3 is 14.8 Å². The van der Waals surface area contributed by atoms with E-state index >= 15 is 0 Å². The highest BCUT2D eigenvalue weighted by Crippen LogP contribution is 2.32. The van der Waals surface area contributed by atoms with Crippen molar-refractivity contribution in [2.24, 2.45) is 4.99 Å². The Morgan fingerprint density at radius 1 is 1.09 bits per heavy atom. The molecule has 9 heteroatoms. The van der Waals surface area contributed by atoms with Crippen molar-refractivity contribution in [1.82, 2.24) is 4.90 Å². The second kappa shape index (κ2) is 11.3. The lowest BCUT2D eigenvalue weighted by Crippen LogP contribution is -2.44. The van der Waals surface area contributed by atoms with E-state index in [4.69, 9.17) is 21.1 Å². The van der Waals surface area contributed by atoms with Crippen molar-refractivity contribution in [3.8, 4) is 11.5 Å². The van der Waals surface area contributed by atoms with E-state index in [0.717, 1.165) is 11.3 Å². The van der Waals surface area contributed by atoms with E-state index in [1.165, 1.54) is 18.9 Å². The number of aliphatic imine (C=N–C) groups is 1. The number of amides is 2. The third kappa shape index (κ3) is 6.15. The number of hydrogen-bond acceptors (Lipinski definition) is 6. The van der Waals surface area contributed by atoms with E-state index in [2.05, 4.69) is 10.3 Å². The number of halogens is 1. The van der Waals surface area contributed by atoms with Gasteiger partial charge in [-0.2, -0.15) is 0 Å². The summed E-state index contributed by atoms with van der Waals surface area (Å²) in [4.78, 5) is 32.7. The standard InChI is InChI=1S/C26H24ClN3O4S/c1-33-20-12-10-17(11-13-20)16-30-24(31)15-23(25(32)29-21-8-3-4-9-22(21)34-2)35-26(30)28-19-7-5-6-18(27)14-19/h3-14,23H,15-16H2,1-2H3,(H,29,32). The van der Waals surface area contributed by atoms with E-state index in [1.807, 2.05) is 30.3 Å². The van der Waals surface area contributed by atoms with Gasteiger partial charge >= 0.3 is 0 Å². The van der Waals surface area contributed by atoms with Gasteiger partial charge in [-0.15, -0.1) is 0 Å². The van der Waals surface area contributed by atoms with Crippen LogP contribution in [0.25, 0.3) is 0 Å². The Morgan fingerprint density at radius 2 is 1.86 bits per heavy atom. The highest BCUT2D eigenvalue weighted by Gasteiger charge is 2.36. The molecule has 0 aromatic heterocycles. The summed E-state index contributed by atoms with van der Waals surface area (Å²) in [5.74, 6) is 0.784. The van der Waals surface area contributed by atoms with Crippen LogP contribution >= 0.6 is 23.4 Å². The molecule has 1 aliphatic heterocycles. The first kappa shape index (κ1) is 24.6. The van der Waals surface area contributed by atoms with Crippen LogP contribution in [-0.4, -0.2) is 41.4 Å². The number of benzene rings is 3. The third-order valence-electron chi connectivity index (χ3n) is 5.33. The number of amidine groups is 1. The molecule has 1 aliphatic rings. The fraction of sp³-hybridized carbons (Fsp3) is 0.192. The van der Waals surface area contributed by atoms with Gasteiger partial charge in [-0.3, -0.25) is 14.5 Å². The molecule has 1 heterocycles. The van der Waals surface area contributed by atoms with Gasteiger partial charge in [0.2, 0.25) is 11.8 Å². The number of nitrogens with one attached hydrogen (secondary N) is 1. The summed E-state index contributed by atoms with van der Waals surface area (Å²) >= 11 is 7.39. The minimum Gasteiger partial charge on any atom is -0.497 e. The first-order valence-electron chi connectivity index (χ1n) is 10.8. The second-order valence-electron chi connectivity index (χ2n) is 7.70. The number of carbonyl (C=O) groups excluding carboxylic acids is 2. The predicted octanol–water partition coefficient (Wildman–Crippen LogP) is 5.52. The number of nitrogens with zero attached hydrogens (tertiary/aromatic N) is 2. The van der Waals surface area contributed by atoms with Crippen molar-refractivity contribution < 1.29 is 19.1 Å². The summed E-state index contributed by atoms with van der Waals surface area (Å²) in [6, 6.07) is 21.7. The molecule has 0 spiro atoms.